The minimum absolute atomic E-state index is 0.309. The van der Waals surface area contributed by atoms with Crippen LogP contribution in [-0.4, -0.2) is 3.23 Å². The molecule has 0 nitrogen and oxygen atoms in total. The Balaban J connectivity index is 2.20. The number of rotatable bonds is 0. The van der Waals surface area contributed by atoms with E-state index in [1.54, 1.807) is 0 Å². The zero-order valence-corrected chi connectivity index (χ0v) is 9.33. The molecule has 2 aliphatic carbocycles. The topological polar surface area (TPSA) is 0 Å². The lowest BCUT2D eigenvalue weighted by Gasteiger charge is -2.15. The molecule has 2 rings (SSSR count). The molecule has 0 amide bonds. The van der Waals surface area contributed by atoms with Crippen molar-refractivity contribution < 1.29 is 0 Å². The summed E-state index contributed by atoms with van der Waals surface area (Å²) < 4.78 is 0.309. The second kappa shape index (κ2) is 2.01. The van der Waals surface area contributed by atoms with Gasteiger partial charge >= 0.3 is 0 Å². The molecule has 58 valence electrons. The molecule has 0 N–H and O–H groups in total. The van der Waals surface area contributed by atoms with Gasteiger partial charge in [0.1, 0.15) is 0 Å². The van der Waals surface area contributed by atoms with Crippen molar-refractivity contribution in [1.29, 1.82) is 0 Å². The second-order valence-corrected chi connectivity index (χ2v) is 7.40. The van der Waals surface area contributed by atoms with E-state index >= 15 is 0 Å². The monoisotopic (exact) mass is 266 g/mol. The van der Waals surface area contributed by atoms with Gasteiger partial charge in [0.15, 0.2) is 0 Å². The van der Waals surface area contributed by atoms with Gasteiger partial charge in [-0.1, -0.05) is 51.6 Å². The molecular formula is C8H12Br2. The third-order valence-electron chi connectivity index (χ3n) is 3.32. The van der Waals surface area contributed by atoms with Gasteiger partial charge in [0.25, 0.3) is 0 Å². The third-order valence-corrected chi connectivity index (χ3v) is 6.24. The normalized spacial score (nSPS) is 50.1. The van der Waals surface area contributed by atoms with Crippen LogP contribution in [0.25, 0.3) is 0 Å². The van der Waals surface area contributed by atoms with Crippen molar-refractivity contribution in [2.75, 3.05) is 0 Å². The van der Waals surface area contributed by atoms with E-state index < -0.39 is 0 Å². The van der Waals surface area contributed by atoms with Gasteiger partial charge in [-0.15, -0.1) is 0 Å². The lowest BCUT2D eigenvalue weighted by molar-refractivity contribution is 0.366. The molecule has 2 aliphatic rings. The van der Waals surface area contributed by atoms with Crippen LogP contribution in [0.2, 0.25) is 0 Å². The summed E-state index contributed by atoms with van der Waals surface area (Å²) in [5.41, 5.74) is 0.575. The zero-order chi connectivity index (χ0) is 7.41. The lowest BCUT2D eigenvalue weighted by atomic mass is 9.90. The predicted octanol–water partition coefficient (Wildman–Crippen LogP) is 3.68. The molecule has 0 aromatic carbocycles. The van der Waals surface area contributed by atoms with Gasteiger partial charge in [-0.25, -0.2) is 0 Å². The Hall–Kier alpha value is 0.960. The molecule has 2 saturated carbocycles. The van der Waals surface area contributed by atoms with E-state index in [9.17, 15) is 0 Å². The van der Waals surface area contributed by atoms with Crippen LogP contribution in [0.3, 0.4) is 0 Å². The summed E-state index contributed by atoms with van der Waals surface area (Å²) >= 11 is 7.50. The first kappa shape index (κ1) is 7.60. The van der Waals surface area contributed by atoms with Crippen LogP contribution < -0.4 is 0 Å². The van der Waals surface area contributed by atoms with Gasteiger partial charge in [0.2, 0.25) is 0 Å². The Morgan fingerprint density at radius 3 is 2.40 bits per heavy atom. The Morgan fingerprint density at radius 2 is 2.00 bits per heavy atom. The molecule has 0 bridgehead atoms. The molecule has 2 heteroatoms. The van der Waals surface area contributed by atoms with Gasteiger partial charge in [0.05, 0.1) is 3.23 Å². The van der Waals surface area contributed by atoms with Crippen LogP contribution in [0.15, 0.2) is 0 Å². The van der Waals surface area contributed by atoms with E-state index in [2.05, 4.69) is 38.8 Å². The minimum Gasteiger partial charge on any atom is -0.0718 e. The van der Waals surface area contributed by atoms with Crippen LogP contribution in [0.4, 0.5) is 0 Å². The molecule has 2 atom stereocenters. The second-order valence-electron chi connectivity index (χ2n) is 3.84. The maximum Gasteiger partial charge on any atom is 0.0896 e. The Labute approximate surface area is 79.0 Å². The van der Waals surface area contributed by atoms with Crippen molar-refractivity contribution in [2.24, 2.45) is 11.3 Å². The largest absolute Gasteiger partial charge is 0.0896 e. The zero-order valence-electron chi connectivity index (χ0n) is 6.16. The summed E-state index contributed by atoms with van der Waals surface area (Å²) in [5, 5.41) is 0. The van der Waals surface area contributed by atoms with Crippen molar-refractivity contribution >= 4 is 31.9 Å². The number of hydrogen-bond acceptors (Lipinski definition) is 0. The first-order chi connectivity index (χ1) is 4.59. The van der Waals surface area contributed by atoms with Crippen LogP contribution in [-0.2, 0) is 0 Å². The fourth-order valence-corrected chi connectivity index (χ4v) is 4.54. The first-order valence-corrected chi connectivity index (χ1v) is 5.55. The van der Waals surface area contributed by atoms with Gasteiger partial charge in [0, 0.05) is 0 Å². The summed E-state index contributed by atoms with van der Waals surface area (Å²) in [7, 11) is 0. The fraction of sp³-hybridized carbons (Fsp3) is 1.00. The fourth-order valence-electron chi connectivity index (χ4n) is 2.36. The van der Waals surface area contributed by atoms with Crippen LogP contribution in [0.5, 0.6) is 0 Å². The molecule has 0 saturated heterocycles. The average Bonchev–Trinajstić information content (AvgIpc) is 2.30. The van der Waals surface area contributed by atoms with Crippen molar-refractivity contribution in [3.8, 4) is 0 Å². The number of halogens is 2. The van der Waals surface area contributed by atoms with E-state index in [-0.39, 0.29) is 0 Å². The van der Waals surface area contributed by atoms with E-state index in [0.29, 0.717) is 8.65 Å². The first-order valence-electron chi connectivity index (χ1n) is 3.97. The van der Waals surface area contributed by atoms with Crippen LogP contribution in [0, 0.1) is 11.3 Å². The summed E-state index contributed by atoms with van der Waals surface area (Å²) in [5.74, 6) is 0.897. The van der Waals surface area contributed by atoms with Crippen LogP contribution >= 0.6 is 31.9 Å². The maximum absolute atomic E-state index is 3.75. The van der Waals surface area contributed by atoms with Crippen molar-refractivity contribution in [3.05, 3.63) is 0 Å². The summed E-state index contributed by atoms with van der Waals surface area (Å²) in [6, 6.07) is 0. The van der Waals surface area contributed by atoms with E-state index in [4.69, 9.17) is 0 Å². The Bertz CT molecular complexity index is 165. The molecular weight excluding hydrogens is 256 g/mol. The molecule has 0 aromatic heterocycles. The summed E-state index contributed by atoms with van der Waals surface area (Å²) in [4.78, 5) is 0. The van der Waals surface area contributed by atoms with Gasteiger partial charge in [-0.2, -0.15) is 0 Å². The molecule has 10 heavy (non-hydrogen) atoms. The number of hydrogen-bond donors (Lipinski definition) is 0. The standard InChI is InChI=1S/C8H12Br2/c1-7-5-3-2-4-6(7)8(7,9)10/h6H,2-5H2,1H3. The summed E-state index contributed by atoms with van der Waals surface area (Å²) in [6.07, 6.45) is 5.66. The van der Waals surface area contributed by atoms with Crippen molar-refractivity contribution in [1.82, 2.24) is 0 Å². The molecule has 0 heterocycles. The smallest absolute Gasteiger partial charge is 0.0718 e. The van der Waals surface area contributed by atoms with Gasteiger partial charge in [-0.05, 0) is 24.2 Å². The SMILES string of the molecule is CC12CCCCC1C2(Br)Br. The number of fused-ring (bicyclic) bond motifs is 1. The molecule has 0 radical (unpaired) electrons. The highest BCUT2D eigenvalue weighted by molar-refractivity contribution is 9.25. The highest BCUT2D eigenvalue weighted by Crippen LogP contribution is 2.76. The molecule has 0 spiro atoms. The van der Waals surface area contributed by atoms with E-state index in [1.807, 2.05) is 0 Å². The minimum atomic E-state index is 0.309. The molecule has 2 unspecified atom stereocenters. The van der Waals surface area contributed by atoms with Crippen molar-refractivity contribution in [3.63, 3.8) is 0 Å². The highest BCUT2D eigenvalue weighted by Gasteiger charge is 2.71. The van der Waals surface area contributed by atoms with E-state index in [1.165, 1.54) is 25.7 Å². The quantitative estimate of drug-likeness (QED) is 0.588. The lowest BCUT2D eigenvalue weighted by Crippen LogP contribution is -2.05. The Morgan fingerprint density at radius 1 is 1.30 bits per heavy atom. The average molecular weight is 268 g/mol. The van der Waals surface area contributed by atoms with Gasteiger partial charge in [-0.3, -0.25) is 0 Å². The third kappa shape index (κ3) is 0.726. The Kier molecular flexibility index (Phi) is 1.53. The molecule has 0 aromatic rings. The van der Waals surface area contributed by atoms with Gasteiger partial charge < -0.3 is 0 Å². The predicted molar refractivity (Wildman–Crippen MR) is 50.7 cm³/mol. The van der Waals surface area contributed by atoms with Crippen molar-refractivity contribution in [2.45, 2.75) is 35.8 Å². The van der Waals surface area contributed by atoms with Crippen LogP contribution in [0.1, 0.15) is 32.6 Å². The highest BCUT2D eigenvalue weighted by atomic mass is 79.9. The molecule has 2 fully saturated rings. The summed E-state index contributed by atoms with van der Waals surface area (Å²) in [6.45, 7) is 2.39. The maximum atomic E-state index is 3.75. The van der Waals surface area contributed by atoms with E-state index in [0.717, 1.165) is 5.92 Å². The number of alkyl halides is 2. The molecule has 0 aliphatic heterocycles.